The van der Waals surface area contributed by atoms with Gasteiger partial charge in [0, 0.05) is 18.7 Å². The third-order valence-electron chi connectivity index (χ3n) is 2.15. The van der Waals surface area contributed by atoms with Crippen LogP contribution >= 0.6 is 0 Å². The molecule has 1 unspecified atom stereocenters. The molecular formula is C9H15N3O3. The minimum absolute atomic E-state index is 0.124. The van der Waals surface area contributed by atoms with Crippen LogP contribution in [0.4, 0.5) is 0 Å². The number of hydrogen-bond acceptors (Lipinski definition) is 5. The molecule has 1 atom stereocenters. The van der Waals surface area contributed by atoms with Gasteiger partial charge in [0.15, 0.2) is 0 Å². The summed E-state index contributed by atoms with van der Waals surface area (Å²) in [6, 6.07) is 0. The highest BCUT2D eigenvalue weighted by atomic mass is 16.5. The first kappa shape index (κ1) is 11.7. The summed E-state index contributed by atoms with van der Waals surface area (Å²) in [6.45, 7) is 4.25. The second-order valence-corrected chi connectivity index (χ2v) is 3.35. The standard InChI is InChI=1S/C9H15N3O3/c1-5-7(6(2)15-12-5)3-11-4-8(13)9(10)14/h8,11,13H,3-4H2,1-2H3,(H2,10,14). The van der Waals surface area contributed by atoms with E-state index in [-0.39, 0.29) is 6.54 Å². The first-order valence-electron chi connectivity index (χ1n) is 4.62. The van der Waals surface area contributed by atoms with Gasteiger partial charge in [-0.1, -0.05) is 5.16 Å². The van der Waals surface area contributed by atoms with Gasteiger partial charge in [0.25, 0.3) is 0 Å². The molecule has 4 N–H and O–H groups in total. The lowest BCUT2D eigenvalue weighted by atomic mass is 10.2. The van der Waals surface area contributed by atoms with Crippen molar-refractivity contribution in [3.05, 3.63) is 17.0 Å². The number of aromatic nitrogens is 1. The summed E-state index contributed by atoms with van der Waals surface area (Å²) < 4.78 is 4.96. The molecule has 84 valence electrons. The fourth-order valence-corrected chi connectivity index (χ4v) is 1.19. The smallest absolute Gasteiger partial charge is 0.247 e. The first-order chi connectivity index (χ1) is 7.02. The average Bonchev–Trinajstić information content (AvgIpc) is 2.48. The number of nitrogens with zero attached hydrogens (tertiary/aromatic N) is 1. The van der Waals surface area contributed by atoms with Crippen LogP contribution in [0.3, 0.4) is 0 Å². The van der Waals surface area contributed by atoms with Crippen LogP contribution in [0.25, 0.3) is 0 Å². The van der Waals surface area contributed by atoms with E-state index in [2.05, 4.69) is 10.5 Å². The molecule has 0 saturated carbocycles. The summed E-state index contributed by atoms with van der Waals surface area (Å²) >= 11 is 0. The number of carbonyl (C=O) groups is 1. The number of rotatable bonds is 5. The Morgan fingerprint density at radius 2 is 2.33 bits per heavy atom. The van der Waals surface area contributed by atoms with Gasteiger partial charge in [-0.15, -0.1) is 0 Å². The molecule has 0 aromatic carbocycles. The Balaban J connectivity index is 2.41. The van der Waals surface area contributed by atoms with Gasteiger partial charge in [-0.25, -0.2) is 0 Å². The van der Waals surface area contributed by atoms with Gasteiger partial charge >= 0.3 is 0 Å². The maximum atomic E-state index is 10.5. The molecule has 0 aliphatic carbocycles. The fraction of sp³-hybridized carbons (Fsp3) is 0.556. The van der Waals surface area contributed by atoms with Gasteiger partial charge in [-0.3, -0.25) is 4.79 Å². The molecule has 6 nitrogen and oxygen atoms in total. The summed E-state index contributed by atoms with van der Waals surface area (Å²) in [5.41, 5.74) is 6.63. The summed E-state index contributed by atoms with van der Waals surface area (Å²) in [4.78, 5) is 10.5. The third kappa shape index (κ3) is 3.03. The van der Waals surface area contributed by atoms with Crippen LogP contribution in [0.5, 0.6) is 0 Å². The van der Waals surface area contributed by atoms with Crippen LogP contribution < -0.4 is 11.1 Å². The largest absolute Gasteiger partial charge is 0.382 e. The number of amides is 1. The van der Waals surface area contributed by atoms with Crippen molar-refractivity contribution in [2.75, 3.05) is 6.54 Å². The highest BCUT2D eigenvalue weighted by molar-refractivity contribution is 5.78. The van der Waals surface area contributed by atoms with E-state index in [0.717, 1.165) is 17.0 Å². The van der Waals surface area contributed by atoms with E-state index >= 15 is 0 Å². The molecule has 15 heavy (non-hydrogen) atoms. The molecule has 0 aliphatic rings. The maximum Gasteiger partial charge on any atom is 0.247 e. The van der Waals surface area contributed by atoms with Gasteiger partial charge in [-0.05, 0) is 13.8 Å². The van der Waals surface area contributed by atoms with Crippen molar-refractivity contribution in [2.45, 2.75) is 26.5 Å². The van der Waals surface area contributed by atoms with Crippen molar-refractivity contribution in [1.82, 2.24) is 10.5 Å². The minimum atomic E-state index is -1.16. The maximum absolute atomic E-state index is 10.5. The van der Waals surface area contributed by atoms with E-state index in [0.29, 0.717) is 6.54 Å². The zero-order valence-corrected chi connectivity index (χ0v) is 8.78. The lowest BCUT2D eigenvalue weighted by Gasteiger charge is -2.07. The number of aliphatic hydroxyl groups excluding tert-OH is 1. The summed E-state index contributed by atoms with van der Waals surface area (Å²) in [5, 5.41) is 15.8. The Hall–Kier alpha value is -1.40. The Morgan fingerprint density at radius 3 is 2.80 bits per heavy atom. The van der Waals surface area contributed by atoms with Crippen molar-refractivity contribution < 1.29 is 14.4 Å². The van der Waals surface area contributed by atoms with Crippen molar-refractivity contribution in [1.29, 1.82) is 0 Å². The topological polar surface area (TPSA) is 101 Å². The average molecular weight is 213 g/mol. The van der Waals surface area contributed by atoms with E-state index in [9.17, 15) is 4.79 Å². The number of hydrogen-bond donors (Lipinski definition) is 3. The molecule has 1 heterocycles. The minimum Gasteiger partial charge on any atom is -0.382 e. The zero-order valence-electron chi connectivity index (χ0n) is 8.78. The van der Waals surface area contributed by atoms with Gasteiger partial charge < -0.3 is 20.7 Å². The van der Waals surface area contributed by atoms with Crippen LogP contribution in [0.2, 0.25) is 0 Å². The first-order valence-corrected chi connectivity index (χ1v) is 4.62. The molecule has 0 spiro atoms. The second-order valence-electron chi connectivity index (χ2n) is 3.35. The Labute approximate surface area is 87.4 Å². The monoisotopic (exact) mass is 213 g/mol. The zero-order chi connectivity index (χ0) is 11.4. The van der Waals surface area contributed by atoms with Crippen molar-refractivity contribution >= 4 is 5.91 Å². The predicted molar refractivity (Wildman–Crippen MR) is 52.9 cm³/mol. The van der Waals surface area contributed by atoms with Crippen LogP contribution in [-0.2, 0) is 11.3 Å². The number of aryl methyl sites for hydroxylation is 2. The fourth-order valence-electron chi connectivity index (χ4n) is 1.19. The number of carbonyl (C=O) groups excluding carboxylic acids is 1. The van der Waals surface area contributed by atoms with E-state index in [1.807, 2.05) is 13.8 Å². The normalized spacial score (nSPS) is 12.7. The lowest BCUT2D eigenvalue weighted by molar-refractivity contribution is -0.125. The van der Waals surface area contributed by atoms with Gasteiger partial charge in [-0.2, -0.15) is 0 Å². The van der Waals surface area contributed by atoms with E-state index in [1.165, 1.54) is 0 Å². The highest BCUT2D eigenvalue weighted by Crippen LogP contribution is 2.11. The molecule has 1 aromatic heterocycles. The molecule has 0 bridgehead atoms. The number of nitrogens with one attached hydrogen (secondary N) is 1. The van der Waals surface area contributed by atoms with E-state index in [1.54, 1.807) is 0 Å². The van der Waals surface area contributed by atoms with Gasteiger partial charge in [0.2, 0.25) is 5.91 Å². The van der Waals surface area contributed by atoms with Crippen LogP contribution in [0.15, 0.2) is 4.52 Å². The number of nitrogens with two attached hydrogens (primary N) is 1. The van der Waals surface area contributed by atoms with Crippen LogP contribution in [-0.4, -0.2) is 28.8 Å². The molecule has 6 heteroatoms. The van der Waals surface area contributed by atoms with Crippen molar-refractivity contribution in [2.24, 2.45) is 5.73 Å². The van der Waals surface area contributed by atoms with E-state index < -0.39 is 12.0 Å². The Bertz CT molecular complexity index is 329. The Morgan fingerprint density at radius 1 is 1.67 bits per heavy atom. The molecular weight excluding hydrogens is 198 g/mol. The number of aliphatic hydroxyl groups is 1. The van der Waals surface area contributed by atoms with Crippen LogP contribution in [0.1, 0.15) is 17.0 Å². The molecule has 0 aliphatic heterocycles. The molecule has 1 amide bonds. The van der Waals surface area contributed by atoms with Gasteiger partial charge in [0.05, 0.1) is 5.69 Å². The third-order valence-corrected chi connectivity index (χ3v) is 2.15. The second kappa shape index (κ2) is 4.90. The molecule has 0 saturated heterocycles. The SMILES string of the molecule is Cc1noc(C)c1CNCC(O)C(N)=O. The summed E-state index contributed by atoms with van der Waals surface area (Å²) in [5.74, 6) is -0.00479. The highest BCUT2D eigenvalue weighted by Gasteiger charge is 2.12. The number of primary amides is 1. The lowest BCUT2D eigenvalue weighted by Crippen LogP contribution is -2.37. The van der Waals surface area contributed by atoms with E-state index in [4.69, 9.17) is 15.4 Å². The predicted octanol–water partition coefficient (Wildman–Crippen LogP) is -0.773. The van der Waals surface area contributed by atoms with Gasteiger partial charge in [0.1, 0.15) is 11.9 Å². The van der Waals surface area contributed by atoms with Crippen molar-refractivity contribution in [3.8, 4) is 0 Å². The van der Waals surface area contributed by atoms with Crippen molar-refractivity contribution in [3.63, 3.8) is 0 Å². The quantitative estimate of drug-likeness (QED) is 0.596. The molecule has 1 rings (SSSR count). The summed E-state index contributed by atoms with van der Waals surface area (Å²) in [6.07, 6.45) is -1.16. The molecule has 0 fully saturated rings. The Kier molecular flexibility index (Phi) is 3.81. The molecule has 0 radical (unpaired) electrons. The molecule has 1 aromatic rings. The summed E-state index contributed by atoms with van der Waals surface area (Å²) in [7, 11) is 0. The van der Waals surface area contributed by atoms with Crippen LogP contribution in [0, 0.1) is 13.8 Å².